The minimum absolute atomic E-state index is 0.310. The molecule has 2 aromatic carbocycles. The fraction of sp³-hybridized carbons (Fsp3) is 0.278. The number of hydrogen-bond donors (Lipinski definition) is 0. The number of carbonyl (C=O) groups is 1. The zero-order valence-electron chi connectivity index (χ0n) is 12.1. The van der Waals surface area contributed by atoms with Gasteiger partial charge in [0.2, 0.25) is 0 Å². The first-order chi connectivity index (χ1) is 10.3. The van der Waals surface area contributed by atoms with Crippen molar-refractivity contribution in [2.75, 3.05) is 20.2 Å². The Hall–Kier alpha value is -2.29. The van der Waals surface area contributed by atoms with Gasteiger partial charge in [-0.1, -0.05) is 24.3 Å². The van der Waals surface area contributed by atoms with Crippen LogP contribution in [0.5, 0.6) is 5.75 Å². The molecule has 4 rings (SSSR count). The number of ketones is 1. The molecule has 0 aromatic heterocycles. The number of fused-ring (bicyclic) bond motifs is 5. The summed E-state index contributed by atoms with van der Waals surface area (Å²) in [5.74, 6) is 1.20. The van der Waals surface area contributed by atoms with E-state index >= 15 is 0 Å². The summed E-state index contributed by atoms with van der Waals surface area (Å²) in [4.78, 5) is 13.8. The van der Waals surface area contributed by atoms with Gasteiger partial charge in [-0.2, -0.15) is 0 Å². The van der Waals surface area contributed by atoms with Gasteiger partial charge in [0, 0.05) is 24.2 Å². The highest BCUT2D eigenvalue weighted by Gasteiger charge is 2.26. The van der Waals surface area contributed by atoms with Crippen molar-refractivity contribution in [1.82, 2.24) is 4.90 Å². The lowest BCUT2D eigenvalue weighted by molar-refractivity contribution is -0.119. The molecule has 2 heterocycles. The SMILES string of the molecule is COc1ccc2ccc3c(c2c1)CCN1CC(=O)CC=C31. The fourth-order valence-electron chi connectivity index (χ4n) is 3.43. The third-order valence-corrected chi connectivity index (χ3v) is 4.48. The van der Waals surface area contributed by atoms with E-state index in [0.717, 1.165) is 18.7 Å². The molecule has 0 saturated heterocycles. The molecular formula is C18H17NO2. The number of allylic oxidation sites excluding steroid dienone is 1. The largest absolute Gasteiger partial charge is 0.497 e. The van der Waals surface area contributed by atoms with Crippen molar-refractivity contribution in [3.05, 3.63) is 47.5 Å². The molecule has 0 bridgehead atoms. The second-order valence-electron chi connectivity index (χ2n) is 5.68. The second-order valence-corrected chi connectivity index (χ2v) is 5.68. The zero-order chi connectivity index (χ0) is 14.4. The average molecular weight is 279 g/mol. The normalized spacial score (nSPS) is 17.3. The van der Waals surface area contributed by atoms with Crippen LogP contribution in [0.3, 0.4) is 0 Å². The molecule has 0 unspecified atom stereocenters. The predicted octanol–water partition coefficient (Wildman–Crippen LogP) is 3.02. The van der Waals surface area contributed by atoms with Crippen LogP contribution in [-0.4, -0.2) is 30.9 Å². The summed E-state index contributed by atoms with van der Waals surface area (Å²) in [6, 6.07) is 10.6. The third kappa shape index (κ3) is 1.92. The van der Waals surface area contributed by atoms with E-state index in [1.54, 1.807) is 7.11 Å². The van der Waals surface area contributed by atoms with Crippen LogP contribution in [0.15, 0.2) is 36.4 Å². The molecule has 2 aromatic rings. The predicted molar refractivity (Wildman–Crippen MR) is 83.4 cm³/mol. The Morgan fingerprint density at radius 2 is 2.05 bits per heavy atom. The van der Waals surface area contributed by atoms with Crippen molar-refractivity contribution >= 4 is 22.3 Å². The Labute approximate surface area is 123 Å². The Kier molecular flexibility index (Phi) is 2.74. The van der Waals surface area contributed by atoms with Gasteiger partial charge in [-0.3, -0.25) is 4.79 Å². The van der Waals surface area contributed by atoms with Crippen molar-refractivity contribution in [2.45, 2.75) is 12.8 Å². The lowest BCUT2D eigenvalue weighted by atomic mass is 9.89. The summed E-state index contributed by atoms with van der Waals surface area (Å²) >= 11 is 0. The number of benzene rings is 2. The molecule has 3 nitrogen and oxygen atoms in total. The quantitative estimate of drug-likeness (QED) is 0.803. The summed E-state index contributed by atoms with van der Waals surface area (Å²) in [6.07, 6.45) is 3.61. The van der Waals surface area contributed by atoms with E-state index in [0.29, 0.717) is 18.7 Å². The Morgan fingerprint density at radius 1 is 1.19 bits per heavy atom. The maximum Gasteiger partial charge on any atom is 0.155 e. The van der Waals surface area contributed by atoms with Crippen LogP contribution >= 0.6 is 0 Å². The van der Waals surface area contributed by atoms with Crippen molar-refractivity contribution in [3.63, 3.8) is 0 Å². The van der Waals surface area contributed by atoms with Crippen LogP contribution in [0, 0.1) is 0 Å². The summed E-state index contributed by atoms with van der Waals surface area (Å²) in [6.45, 7) is 1.47. The first kappa shape index (κ1) is 12.5. The topological polar surface area (TPSA) is 29.5 Å². The summed E-state index contributed by atoms with van der Waals surface area (Å²) in [5, 5.41) is 2.51. The second kappa shape index (κ2) is 4.62. The number of Topliss-reactive ketones (excluding diaryl/α,β-unsaturated/α-hetero) is 1. The minimum Gasteiger partial charge on any atom is -0.497 e. The number of hydrogen-bond acceptors (Lipinski definition) is 3. The van der Waals surface area contributed by atoms with Crippen LogP contribution in [0.4, 0.5) is 0 Å². The lowest BCUT2D eigenvalue weighted by Gasteiger charge is -2.35. The van der Waals surface area contributed by atoms with Gasteiger partial charge in [-0.25, -0.2) is 0 Å². The molecule has 0 atom stereocenters. The van der Waals surface area contributed by atoms with Crippen LogP contribution in [0.1, 0.15) is 17.5 Å². The number of methoxy groups -OCH3 is 1. The third-order valence-electron chi connectivity index (χ3n) is 4.48. The van der Waals surface area contributed by atoms with E-state index in [4.69, 9.17) is 4.74 Å². The van der Waals surface area contributed by atoms with Crippen LogP contribution in [0.25, 0.3) is 16.5 Å². The molecule has 2 aliphatic heterocycles. The summed E-state index contributed by atoms with van der Waals surface area (Å²) in [5.41, 5.74) is 3.87. The van der Waals surface area contributed by atoms with Crippen LogP contribution in [0.2, 0.25) is 0 Å². The van der Waals surface area contributed by atoms with Gasteiger partial charge in [-0.15, -0.1) is 0 Å². The van der Waals surface area contributed by atoms with E-state index in [9.17, 15) is 4.79 Å². The molecule has 106 valence electrons. The molecule has 0 saturated carbocycles. The highest BCUT2D eigenvalue weighted by molar-refractivity contribution is 5.94. The number of carbonyl (C=O) groups excluding carboxylic acids is 1. The monoisotopic (exact) mass is 279 g/mol. The highest BCUT2D eigenvalue weighted by Crippen LogP contribution is 2.36. The van der Waals surface area contributed by atoms with Gasteiger partial charge in [0.25, 0.3) is 0 Å². The van der Waals surface area contributed by atoms with Gasteiger partial charge in [-0.05, 0) is 34.9 Å². The van der Waals surface area contributed by atoms with Gasteiger partial charge in [0.1, 0.15) is 5.75 Å². The molecule has 3 heteroatoms. The van der Waals surface area contributed by atoms with E-state index in [1.165, 1.54) is 27.6 Å². The van der Waals surface area contributed by atoms with Gasteiger partial charge < -0.3 is 9.64 Å². The molecule has 0 radical (unpaired) electrons. The summed E-state index contributed by atoms with van der Waals surface area (Å²) < 4.78 is 5.36. The van der Waals surface area contributed by atoms with E-state index in [-0.39, 0.29) is 0 Å². The van der Waals surface area contributed by atoms with Crippen molar-refractivity contribution < 1.29 is 9.53 Å². The van der Waals surface area contributed by atoms with Gasteiger partial charge in [0.15, 0.2) is 5.78 Å². The van der Waals surface area contributed by atoms with Gasteiger partial charge >= 0.3 is 0 Å². The molecule has 0 amide bonds. The molecule has 0 aliphatic carbocycles. The number of ether oxygens (including phenoxy) is 1. The maximum atomic E-state index is 11.6. The van der Waals surface area contributed by atoms with Crippen LogP contribution in [-0.2, 0) is 11.2 Å². The number of nitrogens with zero attached hydrogens (tertiary/aromatic N) is 1. The molecule has 21 heavy (non-hydrogen) atoms. The molecular weight excluding hydrogens is 262 g/mol. The Bertz CT molecular complexity index is 776. The molecule has 2 aliphatic rings. The molecule has 0 N–H and O–H groups in total. The van der Waals surface area contributed by atoms with E-state index < -0.39 is 0 Å². The van der Waals surface area contributed by atoms with Crippen LogP contribution < -0.4 is 4.74 Å². The number of rotatable bonds is 1. The van der Waals surface area contributed by atoms with Gasteiger partial charge in [0.05, 0.1) is 13.7 Å². The maximum absolute atomic E-state index is 11.6. The molecule has 0 fully saturated rings. The molecule has 0 spiro atoms. The Balaban J connectivity index is 1.93. The van der Waals surface area contributed by atoms with E-state index in [1.807, 2.05) is 6.07 Å². The van der Waals surface area contributed by atoms with Crippen molar-refractivity contribution in [2.24, 2.45) is 0 Å². The highest BCUT2D eigenvalue weighted by atomic mass is 16.5. The fourth-order valence-corrected chi connectivity index (χ4v) is 3.43. The Morgan fingerprint density at radius 3 is 2.90 bits per heavy atom. The first-order valence-electron chi connectivity index (χ1n) is 7.33. The van der Waals surface area contributed by atoms with E-state index in [2.05, 4.69) is 35.2 Å². The smallest absolute Gasteiger partial charge is 0.155 e. The van der Waals surface area contributed by atoms with Crippen molar-refractivity contribution in [3.8, 4) is 5.75 Å². The average Bonchev–Trinajstić information content (AvgIpc) is 2.53. The zero-order valence-corrected chi connectivity index (χ0v) is 12.1. The minimum atomic E-state index is 0.310. The van der Waals surface area contributed by atoms with Crippen molar-refractivity contribution in [1.29, 1.82) is 0 Å². The standard InChI is InChI=1S/C18H17NO2/c1-21-14-5-2-12-3-6-16-15(17(12)10-14)8-9-19-11-13(20)4-7-18(16)19/h2-3,5-7,10H,4,8-9,11H2,1H3. The summed E-state index contributed by atoms with van der Waals surface area (Å²) in [7, 11) is 1.70. The lowest BCUT2D eigenvalue weighted by Crippen LogP contribution is -2.36. The first-order valence-corrected chi connectivity index (χ1v) is 7.33.